The topological polar surface area (TPSA) is 24.9 Å². The van der Waals surface area contributed by atoms with Crippen LogP contribution in [0.25, 0.3) is 0 Å². The molecule has 0 radical (unpaired) electrons. The molecule has 1 heterocycles. The van der Waals surface area contributed by atoms with E-state index >= 15 is 0 Å². The summed E-state index contributed by atoms with van der Waals surface area (Å²) in [5, 5.41) is 3.33. The average Bonchev–Trinajstić information content (AvgIpc) is 2.42. The molecule has 0 aliphatic rings. The summed E-state index contributed by atoms with van der Waals surface area (Å²) in [6, 6.07) is 8.93. The Kier molecular flexibility index (Phi) is 5.05. The lowest BCUT2D eigenvalue weighted by Crippen LogP contribution is -2.24. The highest BCUT2D eigenvalue weighted by Crippen LogP contribution is 2.24. The molecule has 0 aliphatic heterocycles. The Morgan fingerprint density at radius 1 is 1.26 bits per heavy atom. The van der Waals surface area contributed by atoms with E-state index in [0.29, 0.717) is 5.56 Å². The molecular formula is C15H16BrFN2. The van der Waals surface area contributed by atoms with Crippen molar-refractivity contribution in [3.8, 4) is 0 Å². The zero-order chi connectivity index (χ0) is 13.7. The van der Waals surface area contributed by atoms with E-state index in [2.05, 4.69) is 26.2 Å². The Morgan fingerprint density at radius 3 is 2.68 bits per heavy atom. The maximum atomic E-state index is 14.0. The predicted octanol–water partition coefficient (Wildman–Crippen LogP) is 3.88. The van der Waals surface area contributed by atoms with Crippen molar-refractivity contribution in [3.63, 3.8) is 0 Å². The third kappa shape index (κ3) is 3.85. The summed E-state index contributed by atoms with van der Waals surface area (Å²) in [5.74, 6) is -0.178. The third-order valence-corrected chi connectivity index (χ3v) is 3.47. The number of aromatic nitrogens is 1. The predicted molar refractivity (Wildman–Crippen MR) is 78.5 cm³/mol. The lowest BCUT2D eigenvalue weighted by atomic mass is 9.99. The first-order chi connectivity index (χ1) is 9.20. The molecule has 100 valence electrons. The molecule has 1 aromatic heterocycles. The fourth-order valence-corrected chi connectivity index (χ4v) is 2.45. The van der Waals surface area contributed by atoms with Gasteiger partial charge in [0, 0.05) is 28.5 Å². The molecule has 0 saturated carbocycles. The number of rotatable bonds is 5. The normalized spacial score (nSPS) is 12.4. The van der Waals surface area contributed by atoms with Crippen molar-refractivity contribution in [1.29, 1.82) is 0 Å². The maximum Gasteiger partial charge on any atom is 0.128 e. The zero-order valence-electron chi connectivity index (χ0n) is 10.7. The van der Waals surface area contributed by atoms with Gasteiger partial charge < -0.3 is 5.32 Å². The Bertz CT molecular complexity index is 531. The molecule has 2 nitrogen and oxygen atoms in total. The van der Waals surface area contributed by atoms with Crippen molar-refractivity contribution in [2.24, 2.45) is 0 Å². The van der Waals surface area contributed by atoms with E-state index < -0.39 is 0 Å². The molecule has 0 fully saturated rings. The minimum Gasteiger partial charge on any atom is -0.310 e. The SMILES string of the molecule is CCNC(Cc1ccncc1)c1cc(Br)ccc1F. The number of nitrogens with zero attached hydrogens (tertiary/aromatic N) is 1. The first-order valence-electron chi connectivity index (χ1n) is 6.28. The molecule has 0 saturated heterocycles. The van der Waals surface area contributed by atoms with Crippen LogP contribution >= 0.6 is 15.9 Å². The molecule has 1 atom stereocenters. The van der Waals surface area contributed by atoms with E-state index in [-0.39, 0.29) is 11.9 Å². The van der Waals surface area contributed by atoms with E-state index in [1.165, 1.54) is 6.07 Å². The highest BCUT2D eigenvalue weighted by molar-refractivity contribution is 9.10. The molecule has 2 aromatic rings. The van der Waals surface area contributed by atoms with Gasteiger partial charge in [-0.1, -0.05) is 22.9 Å². The Labute approximate surface area is 121 Å². The van der Waals surface area contributed by atoms with Crippen LogP contribution in [0.2, 0.25) is 0 Å². The van der Waals surface area contributed by atoms with Crippen LogP contribution in [0, 0.1) is 5.82 Å². The highest BCUT2D eigenvalue weighted by Gasteiger charge is 2.15. The fourth-order valence-electron chi connectivity index (χ4n) is 2.07. The number of pyridine rings is 1. The van der Waals surface area contributed by atoms with Gasteiger partial charge in [-0.05, 0) is 48.9 Å². The number of hydrogen-bond acceptors (Lipinski definition) is 2. The molecule has 1 aromatic carbocycles. The van der Waals surface area contributed by atoms with E-state index in [4.69, 9.17) is 0 Å². The molecular weight excluding hydrogens is 307 g/mol. The average molecular weight is 323 g/mol. The van der Waals surface area contributed by atoms with Gasteiger partial charge in [0.05, 0.1) is 0 Å². The first-order valence-corrected chi connectivity index (χ1v) is 7.07. The van der Waals surface area contributed by atoms with Gasteiger partial charge in [0.15, 0.2) is 0 Å². The van der Waals surface area contributed by atoms with Gasteiger partial charge in [-0.3, -0.25) is 4.98 Å². The molecule has 19 heavy (non-hydrogen) atoms. The summed E-state index contributed by atoms with van der Waals surface area (Å²) in [7, 11) is 0. The van der Waals surface area contributed by atoms with E-state index in [1.807, 2.05) is 25.1 Å². The first kappa shape index (κ1) is 14.2. The van der Waals surface area contributed by atoms with Crippen LogP contribution in [0.1, 0.15) is 24.1 Å². The summed E-state index contributed by atoms with van der Waals surface area (Å²) < 4.78 is 14.9. The maximum absolute atomic E-state index is 14.0. The number of nitrogens with one attached hydrogen (secondary N) is 1. The number of hydrogen-bond donors (Lipinski definition) is 1. The van der Waals surface area contributed by atoms with Crippen molar-refractivity contribution in [3.05, 3.63) is 64.1 Å². The molecule has 0 amide bonds. The molecule has 4 heteroatoms. The van der Waals surface area contributed by atoms with E-state index in [9.17, 15) is 4.39 Å². The van der Waals surface area contributed by atoms with Gasteiger partial charge in [0.1, 0.15) is 5.82 Å². The minimum absolute atomic E-state index is 0.0371. The second kappa shape index (κ2) is 6.78. The van der Waals surface area contributed by atoms with Gasteiger partial charge >= 0.3 is 0 Å². The summed E-state index contributed by atoms with van der Waals surface area (Å²) in [5.41, 5.74) is 1.83. The summed E-state index contributed by atoms with van der Waals surface area (Å²) in [4.78, 5) is 4.00. The monoisotopic (exact) mass is 322 g/mol. The van der Waals surface area contributed by atoms with E-state index in [1.54, 1.807) is 18.5 Å². The summed E-state index contributed by atoms with van der Waals surface area (Å²) in [6.45, 7) is 2.82. The number of halogens is 2. The fraction of sp³-hybridized carbons (Fsp3) is 0.267. The van der Waals surface area contributed by atoms with Crippen molar-refractivity contribution >= 4 is 15.9 Å². The van der Waals surface area contributed by atoms with E-state index in [0.717, 1.165) is 23.0 Å². The Balaban J connectivity index is 2.27. The highest BCUT2D eigenvalue weighted by atomic mass is 79.9. The van der Waals surface area contributed by atoms with Crippen LogP contribution in [-0.2, 0) is 6.42 Å². The smallest absolute Gasteiger partial charge is 0.128 e. The second-order valence-corrected chi connectivity index (χ2v) is 5.25. The minimum atomic E-state index is -0.178. The summed E-state index contributed by atoms with van der Waals surface area (Å²) >= 11 is 3.40. The Morgan fingerprint density at radius 2 is 2.00 bits per heavy atom. The second-order valence-electron chi connectivity index (χ2n) is 4.34. The quantitative estimate of drug-likeness (QED) is 0.903. The molecule has 0 bridgehead atoms. The molecule has 2 rings (SSSR count). The molecule has 1 unspecified atom stereocenters. The van der Waals surface area contributed by atoms with Crippen LogP contribution in [-0.4, -0.2) is 11.5 Å². The number of benzene rings is 1. The van der Waals surface area contributed by atoms with Crippen molar-refractivity contribution in [2.45, 2.75) is 19.4 Å². The molecule has 0 spiro atoms. The van der Waals surface area contributed by atoms with Crippen molar-refractivity contribution < 1.29 is 4.39 Å². The van der Waals surface area contributed by atoms with Crippen LogP contribution in [0.4, 0.5) is 4.39 Å². The van der Waals surface area contributed by atoms with Crippen LogP contribution < -0.4 is 5.32 Å². The zero-order valence-corrected chi connectivity index (χ0v) is 12.3. The van der Waals surface area contributed by atoms with Gasteiger partial charge in [-0.2, -0.15) is 0 Å². The molecule has 0 aliphatic carbocycles. The van der Waals surface area contributed by atoms with Gasteiger partial charge in [-0.25, -0.2) is 4.39 Å². The lowest BCUT2D eigenvalue weighted by Gasteiger charge is -2.19. The Hall–Kier alpha value is -1.26. The largest absolute Gasteiger partial charge is 0.310 e. The van der Waals surface area contributed by atoms with Crippen LogP contribution in [0.5, 0.6) is 0 Å². The molecule has 1 N–H and O–H groups in total. The van der Waals surface area contributed by atoms with Crippen LogP contribution in [0.15, 0.2) is 47.2 Å². The van der Waals surface area contributed by atoms with Gasteiger partial charge in [0.2, 0.25) is 0 Å². The standard InChI is InChI=1S/C15H16BrFN2/c1-2-19-15(9-11-5-7-18-8-6-11)13-10-12(16)3-4-14(13)17/h3-8,10,15,19H,2,9H2,1H3. The van der Waals surface area contributed by atoms with Gasteiger partial charge in [-0.15, -0.1) is 0 Å². The van der Waals surface area contributed by atoms with Crippen molar-refractivity contribution in [1.82, 2.24) is 10.3 Å². The van der Waals surface area contributed by atoms with Gasteiger partial charge in [0.25, 0.3) is 0 Å². The van der Waals surface area contributed by atoms with Crippen molar-refractivity contribution in [2.75, 3.05) is 6.54 Å². The lowest BCUT2D eigenvalue weighted by molar-refractivity contribution is 0.509. The van der Waals surface area contributed by atoms with Crippen LogP contribution in [0.3, 0.4) is 0 Å². The third-order valence-electron chi connectivity index (χ3n) is 2.97. The number of likely N-dealkylation sites (N-methyl/N-ethyl adjacent to an activating group) is 1. The summed E-state index contributed by atoms with van der Waals surface area (Å²) in [6.07, 6.45) is 4.26.